The Kier molecular flexibility index (Phi) is 4.62. The number of thioether (sulfide) groups is 1. The number of aliphatic imine (C=N–C) groups is 1. The number of halogens is 3. The van der Waals surface area contributed by atoms with Crippen molar-refractivity contribution in [1.82, 2.24) is 4.90 Å². The van der Waals surface area contributed by atoms with Gasteiger partial charge in [0.15, 0.2) is 5.17 Å². The van der Waals surface area contributed by atoms with Crippen molar-refractivity contribution in [1.29, 1.82) is 0 Å². The van der Waals surface area contributed by atoms with Crippen molar-refractivity contribution in [3.8, 4) is 0 Å². The molecule has 2 aliphatic rings. The van der Waals surface area contributed by atoms with Gasteiger partial charge in [-0.1, -0.05) is 30.0 Å². The second-order valence-corrected chi connectivity index (χ2v) is 8.66. The molecule has 2 heterocycles. The molecule has 146 valence electrons. The van der Waals surface area contributed by atoms with Crippen LogP contribution in [-0.4, -0.2) is 31.6 Å². The molecule has 0 spiro atoms. The number of hydrogen-bond donors (Lipinski definition) is 1. The molecule has 2 aromatic rings. The lowest BCUT2D eigenvalue weighted by atomic mass is 10.1. The number of amidine groups is 1. The summed E-state index contributed by atoms with van der Waals surface area (Å²) in [6.07, 6.45) is -4.61. The van der Waals surface area contributed by atoms with Crippen LogP contribution in [0.15, 0.2) is 63.8 Å². The van der Waals surface area contributed by atoms with Crippen LogP contribution in [-0.2, 0) is 16.2 Å². The quantitative estimate of drug-likeness (QED) is 0.797. The first kappa shape index (κ1) is 18.9. The summed E-state index contributed by atoms with van der Waals surface area (Å²) in [5, 5.41) is 2.93. The number of hydrogen-bond acceptors (Lipinski definition) is 5. The predicted molar refractivity (Wildman–Crippen MR) is 103 cm³/mol. The van der Waals surface area contributed by atoms with E-state index in [2.05, 4.69) is 14.6 Å². The number of fused-ring (bicyclic) bond motifs is 1. The Bertz CT molecular complexity index is 1080. The molecule has 0 bridgehead atoms. The maximum atomic E-state index is 12.8. The van der Waals surface area contributed by atoms with Crippen LogP contribution in [0, 0.1) is 0 Å². The summed E-state index contributed by atoms with van der Waals surface area (Å²) >= 11 is 1.54. The fraction of sp³-hybridized carbons (Fsp3) is 0.167. The van der Waals surface area contributed by atoms with Crippen molar-refractivity contribution >= 4 is 38.3 Å². The molecule has 0 amide bonds. The van der Waals surface area contributed by atoms with Gasteiger partial charge in [-0.2, -0.15) is 13.2 Å². The van der Waals surface area contributed by atoms with Crippen LogP contribution in [0.1, 0.15) is 11.1 Å². The zero-order valence-electron chi connectivity index (χ0n) is 14.3. The highest BCUT2D eigenvalue weighted by Crippen LogP contribution is 2.35. The number of alkyl halides is 3. The van der Waals surface area contributed by atoms with Crippen LogP contribution in [0.5, 0.6) is 0 Å². The summed E-state index contributed by atoms with van der Waals surface area (Å²) in [6, 6.07) is 10.3. The smallest absolute Gasteiger partial charge is 0.318 e. The third-order valence-electron chi connectivity index (χ3n) is 4.27. The Labute approximate surface area is 164 Å². The number of sulfonamides is 1. The third-order valence-corrected chi connectivity index (χ3v) is 6.55. The molecule has 0 saturated heterocycles. The molecule has 10 heteroatoms. The predicted octanol–water partition coefficient (Wildman–Crippen LogP) is 4.22. The van der Waals surface area contributed by atoms with Crippen molar-refractivity contribution in [2.24, 2.45) is 4.99 Å². The summed E-state index contributed by atoms with van der Waals surface area (Å²) < 4.78 is 65.7. The minimum atomic E-state index is -4.61. The second kappa shape index (κ2) is 6.85. The Balaban J connectivity index is 1.54. The van der Waals surface area contributed by atoms with E-state index in [1.807, 2.05) is 5.41 Å². The largest absolute Gasteiger partial charge is 0.416 e. The topological polar surface area (TPSA) is 61.8 Å². The number of rotatable bonds is 4. The van der Waals surface area contributed by atoms with Crippen LogP contribution in [0.2, 0.25) is 0 Å². The number of nitrogens with zero attached hydrogens (tertiary/aromatic N) is 2. The zero-order valence-corrected chi connectivity index (χ0v) is 15.9. The molecule has 5 nitrogen and oxygen atoms in total. The molecule has 0 aromatic heterocycles. The average molecular weight is 425 g/mol. The lowest BCUT2D eigenvalue weighted by molar-refractivity contribution is -0.137. The Morgan fingerprint density at radius 3 is 2.57 bits per heavy atom. The molecule has 0 aliphatic carbocycles. The van der Waals surface area contributed by atoms with Gasteiger partial charge in [0.2, 0.25) is 0 Å². The van der Waals surface area contributed by atoms with Crippen LogP contribution < -0.4 is 4.72 Å². The van der Waals surface area contributed by atoms with Gasteiger partial charge in [0, 0.05) is 17.6 Å². The minimum absolute atomic E-state index is 0.266. The van der Waals surface area contributed by atoms with E-state index < -0.39 is 26.7 Å². The van der Waals surface area contributed by atoms with E-state index in [-0.39, 0.29) is 5.69 Å². The normalized spacial score (nSPS) is 16.6. The molecule has 0 radical (unpaired) electrons. The zero-order chi connectivity index (χ0) is 19.9. The van der Waals surface area contributed by atoms with Gasteiger partial charge in [0.1, 0.15) is 0 Å². The Morgan fingerprint density at radius 2 is 1.86 bits per heavy atom. The maximum Gasteiger partial charge on any atom is 0.416 e. The minimum Gasteiger partial charge on any atom is -0.318 e. The van der Waals surface area contributed by atoms with Crippen LogP contribution in [0.4, 0.5) is 18.9 Å². The van der Waals surface area contributed by atoms with E-state index in [4.69, 9.17) is 0 Å². The standard InChI is InChI=1S/C18H14F3N3O2S2/c19-18(20,21)13-2-1-3-15(10-13)28(25,26)23-14-6-4-12(5-7-14)16-11-27-17-22-8-9-24(16)17/h1-7,10-11,23H,8-9H2. The molecule has 0 atom stereocenters. The van der Waals surface area contributed by atoms with Crippen molar-refractivity contribution in [3.63, 3.8) is 0 Å². The second-order valence-electron chi connectivity index (χ2n) is 6.15. The van der Waals surface area contributed by atoms with Gasteiger partial charge in [-0.25, -0.2) is 8.42 Å². The van der Waals surface area contributed by atoms with Gasteiger partial charge in [0.25, 0.3) is 10.0 Å². The van der Waals surface area contributed by atoms with Crippen molar-refractivity contribution in [2.75, 3.05) is 17.8 Å². The van der Waals surface area contributed by atoms with E-state index in [1.54, 1.807) is 36.0 Å². The van der Waals surface area contributed by atoms with Gasteiger partial charge in [-0.15, -0.1) is 0 Å². The molecule has 2 aromatic carbocycles. The third kappa shape index (κ3) is 3.61. The molecule has 0 fully saturated rings. The highest BCUT2D eigenvalue weighted by atomic mass is 32.2. The fourth-order valence-corrected chi connectivity index (χ4v) is 4.98. The molecule has 28 heavy (non-hydrogen) atoms. The molecule has 0 saturated carbocycles. The number of benzene rings is 2. The van der Waals surface area contributed by atoms with E-state index in [1.165, 1.54) is 0 Å². The van der Waals surface area contributed by atoms with Crippen LogP contribution >= 0.6 is 11.8 Å². The lowest BCUT2D eigenvalue weighted by Crippen LogP contribution is -2.19. The molecule has 0 unspecified atom stereocenters. The van der Waals surface area contributed by atoms with E-state index in [9.17, 15) is 21.6 Å². The van der Waals surface area contributed by atoms with E-state index in [0.717, 1.165) is 47.7 Å². The monoisotopic (exact) mass is 425 g/mol. The Hall–Kier alpha value is -2.46. The highest BCUT2D eigenvalue weighted by molar-refractivity contribution is 8.16. The average Bonchev–Trinajstić information content (AvgIpc) is 3.25. The van der Waals surface area contributed by atoms with Gasteiger partial charge in [-0.3, -0.25) is 9.71 Å². The summed E-state index contributed by atoms with van der Waals surface area (Å²) in [5.41, 5.74) is 1.15. The lowest BCUT2D eigenvalue weighted by Gasteiger charge is -2.17. The summed E-state index contributed by atoms with van der Waals surface area (Å²) in [7, 11) is -4.14. The molecule has 1 N–H and O–H groups in total. The van der Waals surface area contributed by atoms with Crippen molar-refractivity contribution in [2.45, 2.75) is 11.1 Å². The van der Waals surface area contributed by atoms with Gasteiger partial charge in [0.05, 0.1) is 22.7 Å². The van der Waals surface area contributed by atoms with Gasteiger partial charge >= 0.3 is 6.18 Å². The van der Waals surface area contributed by atoms with Crippen molar-refractivity contribution in [3.05, 3.63) is 65.1 Å². The Morgan fingerprint density at radius 1 is 1.11 bits per heavy atom. The first-order valence-corrected chi connectivity index (χ1v) is 10.6. The first-order valence-electron chi connectivity index (χ1n) is 8.23. The fourth-order valence-electron chi connectivity index (χ4n) is 2.91. The van der Waals surface area contributed by atoms with E-state index >= 15 is 0 Å². The molecular formula is C18H14F3N3O2S2. The van der Waals surface area contributed by atoms with E-state index in [0.29, 0.717) is 6.07 Å². The summed E-state index contributed by atoms with van der Waals surface area (Å²) in [4.78, 5) is 6.02. The molecule has 4 rings (SSSR count). The maximum absolute atomic E-state index is 12.8. The summed E-state index contributed by atoms with van der Waals surface area (Å²) in [6.45, 7) is 1.55. The SMILES string of the molecule is O=S(=O)(Nc1ccc(C2=CSC3=NCCN23)cc1)c1cccc(C(F)(F)F)c1. The van der Waals surface area contributed by atoms with Gasteiger partial charge in [-0.05, 0) is 35.9 Å². The first-order chi connectivity index (χ1) is 13.2. The number of anilines is 1. The molecular weight excluding hydrogens is 411 g/mol. The van der Waals surface area contributed by atoms with Crippen LogP contribution in [0.3, 0.4) is 0 Å². The van der Waals surface area contributed by atoms with Crippen LogP contribution in [0.25, 0.3) is 5.70 Å². The van der Waals surface area contributed by atoms with Crippen molar-refractivity contribution < 1.29 is 21.6 Å². The highest BCUT2D eigenvalue weighted by Gasteiger charge is 2.32. The molecule has 2 aliphatic heterocycles. The summed E-state index contributed by atoms with van der Waals surface area (Å²) in [5.74, 6) is 0. The van der Waals surface area contributed by atoms with Gasteiger partial charge < -0.3 is 4.90 Å². The number of nitrogens with one attached hydrogen (secondary N) is 1.